The molecule has 0 radical (unpaired) electrons. The number of halogens is 1. The minimum Gasteiger partial charge on any atom is -0.491 e. The van der Waals surface area contributed by atoms with Crippen molar-refractivity contribution in [2.75, 3.05) is 39.3 Å². The topological polar surface area (TPSA) is 53.7 Å². The summed E-state index contributed by atoms with van der Waals surface area (Å²) in [6.07, 6.45) is 0.829. The fourth-order valence-electron chi connectivity index (χ4n) is 1.22. The first-order valence-corrected chi connectivity index (χ1v) is 6.28. The maximum atomic E-state index is 5.78. The Hall–Kier alpha value is -0.780. The van der Waals surface area contributed by atoms with E-state index in [1.807, 2.05) is 18.2 Å². The highest BCUT2D eigenvalue weighted by molar-refractivity contribution is 9.10. The van der Waals surface area contributed by atoms with Gasteiger partial charge in [0, 0.05) is 24.6 Å². The van der Waals surface area contributed by atoms with Crippen LogP contribution >= 0.6 is 15.9 Å². The van der Waals surface area contributed by atoms with Crippen LogP contribution in [0.5, 0.6) is 5.75 Å². The number of methoxy groups -OCH3 is 1. The molecule has 2 N–H and O–H groups in total. The molecule has 0 aliphatic rings. The second-order valence-corrected chi connectivity index (χ2v) is 4.41. The molecule has 0 fully saturated rings. The zero-order valence-electron chi connectivity index (χ0n) is 9.95. The van der Waals surface area contributed by atoms with Crippen molar-refractivity contribution >= 4 is 21.6 Å². The first-order valence-electron chi connectivity index (χ1n) is 5.48. The highest BCUT2D eigenvalue weighted by Gasteiger charge is 2.00. The number of nitrogen functional groups attached to an aromatic ring is 1. The van der Waals surface area contributed by atoms with Gasteiger partial charge >= 0.3 is 0 Å². The highest BCUT2D eigenvalue weighted by Crippen LogP contribution is 2.25. The second kappa shape index (κ2) is 8.33. The summed E-state index contributed by atoms with van der Waals surface area (Å²) in [4.78, 5) is 0. The van der Waals surface area contributed by atoms with Gasteiger partial charge in [0.05, 0.1) is 25.5 Å². The van der Waals surface area contributed by atoms with Crippen LogP contribution in [0.1, 0.15) is 6.42 Å². The van der Waals surface area contributed by atoms with Crippen molar-refractivity contribution in [1.82, 2.24) is 0 Å². The van der Waals surface area contributed by atoms with Gasteiger partial charge < -0.3 is 19.9 Å². The van der Waals surface area contributed by atoms with Crippen LogP contribution in [0.15, 0.2) is 22.7 Å². The molecule has 0 spiro atoms. The van der Waals surface area contributed by atoms with Gasteiger partial charge in [-0.3, -0.25) is 0 Å². The predicted octanol–water partition coefficient (Wildman–Crippen LogP) is 2.46. The Balaban J connectivity index is 2.15. The third-order valence-electron chi connectivity index (χ3n) is 2.10. The van der Waals surface area contributed by atoms with E-state index >= 15 is 0 Å². The van der Waals surface area contributed by atoms with Gasteiger partial charge in [0.1, 0.15) is 5.75 Å². The summed E-state index contributed by atoms with van der Waals surface area (Å²) in [7, 11) is 1.66. The van der Waals surface area contributed by atoms with Gasteiger partial charge in [0.2, 0.25) is 0 Å². The summed E-state index contributed by atoms with van der Waals surface area (Å²) in [5.41, 5.74) is 6.42. The van der Waals surface area contributed by atoms with Crippen LogP contribution in [0, 0.1) is 0 Å². The van der Waals surface area contributed by atoms with Crippen LogP contribution < -0.4 is 10.5 Å². The first kappa shape index (κ1) is 14.3. The minimum atomic E-state index is 0.591. The molecule has 4 nitrogen and oxygen atoms in total. The largest absolute Gasteiger partial charge is 0.491 e. The summed E-state index contributed by atoms with van der Waals surface area (Å²) in [6, 6.07) is 5.56. The molecular weight excluding hydrogens is 286 g/mol. The quantitative estimate of drug-likeness (QED) is 0.592. The number of anilines is 1. The molecule has 0 bridgehead atoms. The Morgan fingerprint density at radius 1 is 1.18 bits per heavy atom. The monoisotopic (exact) mass is 303 g/mol. The highest BCUT2D eigenvalue weighted by atomic mass is 79.9. The van der Waals surface area contributed by atoms with E-state index in [4.69, 9.17) is 19.9 Å². The number of hydrogen-bond acceptors (Lipinski definition) is 4. The van der Waals surface area contributed by atoms with Crippen LogP contribution in [-0.4, -0.2) is 33.5 Å². The Morgan fingerprint density at radius 2 is 2.00 bits per heavy atom. The van der Waals surface area contributed by atoms with Crippen LogP contribution in [-0.2, 0) is 9.47 Å². The van der Waals surface area contributed by atoms with Crippen molar-refractivity contribution in [1.29, 1.82) is 0 Å². The molecule has 17 heavy (non-hydrogen) atoms. The van der Waals surface area contributed by atoms with E-state index in [9.17, 15) is 0 Å². The van der Waals surface area contributed by atoms with E-state index in [2.05, 4.69) is 15.9 Å². The number of hydrogen-bond donors (Lipinski definition) is 1. The SMILES string of the molecule is COCCOCCCOc1cc(Br)ccc1N. The molecule has 0 saturated heterocycles. The van der Waals surface area contributed by atoms with E-state index < -0.39 is 0 Å². The lowest BCUT2D eigenvalue weighted by molar-refractivity contribution is 0.0645. The van der Waals surface area contributed by atoms with Crippen LogP contribution in [0.4, 0.5) is 5.69 Å². The summed E-state index contributed by atoms with van der Waals surface area (Å²) in [6.45, 7) is 2.50. The fraction of sp³-hybridized carbons (Fsp3) is 0.500. The molecule has 0 amide bonds. The average molecular weight is 304 g/mol. The van der Waals surface area contributed by atoms with E-state index in [1.54, 1.807) is 7.11 Å². The van der Waals surface area contributed by atoms with E-state index in [0.717, 1.165) is 10.9 Å². The second-order valence-electron chi connectivity index (χ2n) is 3.49. The molecule has 1 rings (SSSR count). The molecule has 0 aliphatic carbocycles. The lowest BCUT2D eigenvalue weighted by Gasteiger charge is -2.09. The molecule has 0 atom stereocenters. The number of benzene rings is 1. The first-order chi connectivity index (χ1) is 8.24. The Bertz CT molecular complexity index is 334. The summed E-state index contributed by atoms with van der Waals surface area (Å²) < 4.78 is 16.7. The molecule has 1 aromatic rings. The van der Waals surface area contributed by atoms with Crippen molar-refractivity contribution in [2.24, 2.45) is 0 Å². The van der Waals surface area contributed by atoms with Gasteiger partial charge in [-0.15, -0.1) is 0 Å². The van der Waals surface area contributed by atoms with Crippen LogP contribution in [0.3, 0.4) is 0 Å². The molecule has 0 heterocycles. The normalized spacial score (nSPS) is 10.5. The number of rotatable bonds is 8. The Labute approximate surface area is 110 Å². The van der Waals surface area contributed by atoms with E-state index in [1.165, 1.54) is 0 Å². The van der Waals surface area contributed by atoms with Gasteiger partial charge in [0.15, 0.2) is 0 Å². The van der Waals surface area contributed by atoms with Crippen molar-refractivity contribution in [2.45, 2.75) is 6.42 Å². The molecular formula is C12H18BrNO3. The fourth-order valence-corrected chi connectivity index (χ4v) is 1.56. The zero-order chi connectivity index (χ0) is 12.5. The van der Waals surface area contributed by atoms with Crippen molar-refractivity contribution in [3.05, 3.63) is 22.7 Å². The van der Waals surface area contributed by atoms with E-state index in [-0.39, 0.29) is 0 Å². The Kier molecular flexibility index (Phi) is 7.00. The van der Waals surface area contributed by atoms with Gasteiger partial charge in [-0.25, -0.2) is 0 Å². The molecule has 5 heteroatoms. The number of ether oxygens (including phenoxy) is 3. The molecule has 0 aromatic heterocycles. The van der Waals surface area contributed by atoms with Gasteiger partial charge in [0.25, 0.3) is 0 Å². The molecule has 0 aliphatic heterocycles. The van der Waals surface area contributed by atoms with Crippen molar-refractivity contribution < 1.29 is 14.2 Å². The van der Waals surface area contributed by atoms with Crippen molar-refractivity contribution in [3.8, 4) is 5.75 Å². The summed E-state index contributed by atoms with van der Waals surface area (Å²) in [5, 5.41) is 0. The zero-order valence-corrected chi connectivity index (χ0v) is 11.5. The lowest BCUT2D eigenvalue weighted by atomic mass is 10.3. The maximum Gasteiger partial charge on any atom is 0.143 e. The molecule has 0 unspecified atom stereocenters. The summed E-state index contributed by atoms with van der Waals surface area (Å²) in [5.74, 6) is 0.705. The van der Waals surface area contributed by atoms with Crippen LogP contribution in [0.2, 0.25) is 0 Å². The third kappa shape index (κ3) is 5.91. The lowest BCUT2D eigenvalue weighted by Crippen LogP contribution is -2.07. The van der Waals surface area contributed by atoms with Gasteiger partial charge in [-0.1, -0.05) is 15.9 Å². The van der Waals surface area contributed by atoms with Gasteiger partial charge in [-0.2, -0.15) is 0 Å². The smallest absolute Gasteiger partial charge is 0.143 e. The summed E-state index contributed by atoms with van der Waals surface area (Å²) >= 11 is 3.37. The standard InChI is InChI=1S/C12H18BrNO3/c1-15-7-8-16-5-2-6-17-12-9-10(13)3-4-11(12)14/h3-4,9H,2,5-8,14H2,1H3. The minimum absolute atomic E-state index is 0.591. The predicted molar refractivity (Wildman–Crippen MR) is 71.4 cm³/mol. The van der Waals surface area contributed by atoms with E-state index in [0.29, 0.717) is 37.9 Å². The number of nitrogens with two attached hydrogens (primary N) is 1. The maximum absolute atomic E-state index is 5.78. The average Bonchev–Trinajstić information content (AvgIpc) is 2.32. The third-order valence-corrected chi connectivity index (χ3v) is 2.59. The van der Waals surface area contributed by atoms with Crippen molar-refractivity contribution in [3.63, 3.8) is 0 Å². The Morgan fingerprint density at radius 3 is 2.76 bits per heavy atom. The van der Waals surface area contributed by atoms with Crippen LogP contribution in [0.25, 0.3) is 0 Å². The van der Waals surface area contributed by atoms with Gasteiger partial charge in [-0.05, 0) is 18.2 Å². The molecule has 96 valence electrons. The molecule has 1 aromatic carbocycles. The molecule has 0 saturated carbocycles.